The highest BCUT2D eigenvalue weighted by molar-refractivity contribution is 5.81. The van der Waals surface area contributed by atoms with Crippen molar-refractivity contribution in [1.29, 1.82) is 0 Å². The van der Waals surface area contributed by atoms with Crippen molar-refractivity contribution in [3.05, 3.63) is 63.7 Å². The van der Waals surface area contributed by atoms with Gasteiger partial charge in [0, 0.05) is 25.7 Å². The van der Waals surface area contributed by atoms with Gasteiger partial charge >= 0.3 is 0 Å². The van der Waals surface area contributed by atoms with Crippen LogP contribution in [0.3, 0.4) is 0 Å². The summed E-state index contributed by atoms with van der Waals surface area (Å²) in [6.45, 7) is 2.70. The molecule has 0 unspecified atom stereocenters. The Morgan fingerprint density at radius 1 is 1.23 bits per heavy atom. The van der Waals surface area contributed by atoms with Crippen molar-refractivity contribution >= 4 is 22.7 Å². The van der Waals surface area contributed by atoms with E-state index in [1.165, 1.54) is 17.7 Å². The van der Waals surface area contributed by atoms with Crippen LogP contribution >= 0.6 is 0 Å². The molecule has 22 heavy (non-hydrogen) atoms. The predicted molar refractivity (Wildman–Crippen MR) is 85.9 cm³/mol. The van der Waals surface area contributed by atoms with E-state index in [0.717, 1.165) is 11.1 Å². The fourth-order valence-corrected chi connectivity index (χ4v) is 2.35. The summed E-state index contributed by atoms with van der Waals surface area (Å²) in [4.78, 5) is 14.9. The molecule has 2 aromatic carbocycles. The quantitative estimate of drug-likeness (QED) is 0.591. The highest BCUT2D eigenvalue weighted by Gasteiger charge is 2.12. The van der Waals surface area contributed by atoms with Gasteiger partial charge in [-0.3, -0.25) is 10.1 Å². The third-order valence-corrected chi connectivity index (χ3v) is 3.65. The molecule has 112 valence electrons. The maximum atomic E-state index is 10.8. The molecule has 0 aliphatic heterocycles. The number of benzene rings is 2. The van der Waals surface area contributed by atoms with Crippen LogP contribution < -0.4 is 5.32 Å². The molecule has 0 bridgehead atoms. The average Bonchev–Trinajstić information content (AvgIpc) is 2.82. The number of fused-ring (bicyclic) bond motifs is 1. The van der Waals surface area contributed by atoms with Gasteiger partial charge in [0.1, 0.15) is 0 Å². The van der Waals surface area contributed by atoms with Gasteiger partial charge in [-0.25, -0.2) is 4.98 Å². The Balaban J connectivity index is 1.86. The summed E-state index contributed by atoms with van der Waals surface area (Å²) in [5.74, 6) is 0.691. The number of rotatable bonds is 4. The first-order valence-corrected chi connectivity index (χ1v) is 6.95. The van der Waals surface area contributed by atoms with Gasteiger partial charge in [-0.05, 0) is 18.6 Å². The van der Waals surface area contributed by atoms with E-state index in [1.807, 2.05) is 11.6 Å². The molecule has 0 atom stereocenters. The summed E-state index contributed by atoms with van der Waals surface area (Å²) in [6.07, 6.45) is 0. The van der Waals surface area contributed by atoms with Crippen LogP contribution in [0.5, 0.6) is 0 Å². The Labute approximate surface area is 127 Å². The maximum absolute atomic E-state index is 10.8. The van der Waals surface area contributed by atoms with Gasteiger partial charge in [-0.2, -0.15) is 0 Å². The van der Waals surface area contributed by atoms with E-state index in [2.05, 4.69) is 41.5 Å². The topological polar surface area (TPSA) is 73.0 Å². The molecule has 6 heteroatoms. The minimum atomic E-state index is -0.409. The summed E-state index contributed by atoms with van der Waals surface area (Å²) < 4.78 is 1.90. The smallest absolute Gasteiger partial charge is 0.271 e. The highest BCUT2D eigenvalue weighted by Crippen LogP contribution is 2.23. The van der Waals surface area contributed by atoms with Gasteiger partial charge in [0.25, 0.3) is 5.69 Å². The van der Waals surface area contributed by atoms with Gasteiger partial charge in [0.15, 0.2) is 0 Å². The van der Waals surface area contributed by atoms with Gasteiger partial charge in [0.05, 0.1) is 16.0 Å². The molecule has 0 aliphatic rings. The number of hydrogen-bond acceptors (Lipinski definition) is 4. The number of aryl methyl sites for hydroxylation is 2. The van der Waals surface area contributed by atoms with E-state index >= 15 is 0 Å². The van der Waals surface area contributed by atoms with Crippen LogP contribution in [-0.2, 0) is 13.6 Å². The molecule has 0 saturated carbocycles. The first kappa shape index (κ1) is 14.1. The molecule has 0 spiro atoms. The van der Waals surface area contributed by atoms with Crippen molar-refractivity contribution in [2.75, 3.05) is 5.32 Å². The normalized spacial score (nSPS) is 10.8. The number of imidazole rings is 1. The molecule has 1 N–H and O–H groups in total. The van der Waals surface area contributed by atoms with Gasteiger partial charge in [0.2, 0.25) is 5.95 Å². The Morgan fingerprint density at radius 2 is 1.95 bits per heavy atom. The van der Waals surface area contributed by atoms with Crippen molar-refractivity contribution < 1.29 is 4.92 Å². The minimum Gasteiger partial charge on any atom is -0.352 e. The number of nitro groups is 1. The Hall–Kier alpha value is -2.89. The summed E-state index contributed by atoms with van der Waals surface area (Å²) in [5, 5.41) is 14.1. The van der Waals surface area contributed by atoms with Crippen LogP contribution in [0, 0.1) is 17.0 Å². The molecule has 1 aromatic heterocycles. The molecule has 0 radical (unpaired) electrons. The Morgan fingerprint density at radius 3 is 2.64 bits per heavy atom. The average molecular weight is 296 g/mol. The van der Waals surface area contributed by atoms with Crippen molar-refractivity contribution in [3.63, 3.8) is 0 Å². The van der Waals surface area contributed by atoms with Gasteiger partial charge < -0.3 is 9.88 Å². The number of anilines is 1. The number of aromatic nitrogens is 2. The maximum Gasteiger partial charge on any atom is 0.271 e. The molecule has 0 amide bonds. The number of nitrogens with one attached hydrogen (secondary N) is 1. The van der Waals surface area contributed by atoms with Crippen LogP contribution in [0.2, 0.25) is 0 Å². The van der Waals surface area contributed by atoms with E-state index in [9.17, 15) is 10.1 Å². The summed E-state index contributed by atoms with van der Waals surface area (Å²) in [5.41, 5.74) is 3.90. The lowest BCUT2D eigenvalue weighted by Crippen LogP contribution is -2.04. The Kier molecular flexibility index (Phi) is 3.50. The summed E-state index contributed by atoms with van der Waals surface area (Å²) in [6, 6.07) is 13.0. The van der Waals surface area contributed by atoms with Crippen molar-refractivity contribution in [1.82, 2.24) is 9.55 Å². The van der Waals surface area contributed by atoms with Crippen LogP contribution in [0.15, 0.2) is 42.5 Å². The zero-order valence-corrected chi connectivity index (χ0v) is 12.4. The van der Waals surface area contributed by atoms with Crippen molar-refractivity contribution in [2.45, 2.75) is 13.5 Å². The van der Waals surface area contributed by atoms with Gasteiger partial charge in [-0.1, -0.05) is 29.8 Å². The van der Waals surface area contributed by atoms with Gasteiger partial charge in [-0.15, -0.1) is 0 Å². The highest BCUT2D eigenvalue weighted by atomic mass is 16.6. The van der Waals surface area contributed by atoms with Crippen LogP contribution in [0.25, 0.3) is 11.0 Å². The van der Waals surface area contributed by atoms with Crippen LogP contribution in [-0.4, -0.2) is 14.5 Å². The standard InChI is InChI=1S/C16H16N4O2/c1-11-3-5-12(6-4-11)10-17-16-18-14-9-13(20(21)22)7-8-15(14)19(16)2/h3-9H,10H2,1-2H3,(H,17,18). The van der Waals surface area contributed by atoms with Crippen LogP contribution in [0.1, 0.15) is 11.1 Å². The Bertz CT molecular complexity index is 837. The lowest BCUT2D eigenvalue weighted by molar-refractivity contribution is -0.384. The summed E-state index contributed by atoms with van der Waals surface area (Å²) in [7, 11) is 1.89. The van der Waals surface area contributed by atoms with Crippen molar-refractivity contribution in [3.8, 4) is 0 Å². The largest absolute Gasteiger partial charge is 0.352 e. The lowest BCUT2D eigenvalue weighted by atomic mass is 10.1. The predicted octanol–water partition coefficient (Wildman–Crippen LogP) is 3.40. The molecule has 3 rings (SSSR count). The SMILES string of the molecule is Cc1ccc(CNc2nc3cc([N+](=O)[O-])ccc3n2C)cc1. The number of nitrogens with zero attached hydrogens (tertiary/aromatic N) is 3. The molecular formula is C16H16N4O2. The van der Waals surface area contributed by atoms with E-state index < -0.39 is 4.92 Å². The molecular weight excluding hydrogens is 280 g/mol. The fourth-order valence-electron chi connectivity index (χ4n) is 2.35. The van der Waals surface area contributed by atoms with E-state index in [0.29, 0.717) is 18.0 Å². The fraction of sp³-hybridized carbons (Fsp3) is 0.188. The zero-order chi connectivity index (χ0) is 15.7. The first-order chi connectivity index (χ1) is 10.5. The third-order valence-electron chi connectivity index (χ3n) is 3.65. The zero-order valence-electron chi connectivity index (χ0n) is 12.4. The molecule has 0 aliphatic carbocycles. The first-order valence-electron chi connectivity index (χ1n) is 6.95. The lowest BCUT2D eigenvalue weighted by Gasteiger charge is -2.06. The molecule has 1 heterocycles. The van der Waals surface area contributed by atoms with Crippen LogP contribution in [0.4, 0.5) is 11.6 Å². The number of non-ortho nitro benzene ring substituents is 1. The van der Waals surface area contributed by atoms with Crippen molar-refractivity contribution in [2.24, 2.45) is 7.05 Å². The molecule has 6 nitrogen and oxygen atoms in total. The second kappa shape index (κ2) is 5.48. The van der Waals surface area contributed by atoms with E-state index in [-0.39, 0.29) is 5.69 Å². The number of hydrogen-bond donors (Lipinski definition) is 1. The monoisotopic (exact) mass is 296 g/mol. The summed E-state index contributed by atoms with van der Waals surface area (Å²) >= 11 is 0. The molecule has 0 saturated heterocycles. The minimum absolute atomic E-state index is 0.0516. The van der Waals surface area contributed by atoms with E-state index in [4.69, 9.17) is 0 Å². The second-order valence-electron chi connectivity index (χ2n) is 5.26. The van der Waals surface area contributed by atoms with E-state index in [1.54, 1.807) is 6.07 Å². The third kappa shape index (κ3) is 2.63. The molecule has 0 fully saturated rings. The second-order valence-corrected chi connectivity index (χ2v) is 5.26. The molecule has 3 aromatic rings. The number of nitro benzene ring substituents is 1.